The molecule has 5 unspecified atom stereocenters. The number of hydrogen-bond acceptors (Lipinski definition) is 3. The summed E-state index contributed by atoms with van der Waals surface area (Å²) in [5.41, 5.74) is 9.10. The normalized spacial score (nSPS) is 27.4. The quantitative estimate of drug-likeness (QED) is 0.804. The van der Waals surface area contributed by atoms with Crippen molar-refractivity contribution in [3.05, 3.63) is 65.7 Å². The van der Waals surface area contributed by atoms with Crippen LogP contribution in [0.3, 0.4) is 0 Å². The fraction of sp³-hybridized carbons (Fsp3) is 0.409. The van der Waals surface area contributed by atoms with Crippen LogP contribution in [0.1, 0.15) is 30.4 Å². The minimum absolute atomic E-state index is 0.00897. The van der Waals surface area contributed by atoms with Crippen LogP contribution < -0.4 is 11.1 Å². The lowest BCUT2D eigenvalue weighted by Crippen LogP contribution is -2.42. The third-order valence-electron chi connectivity index (χ3n) is 5.98. The fourth-order valence-corrected chi connectivity index (χ4v) is 5.90. The number of nitrogens with two attached hydrogens (primary N) is 1. The molecular weight excluding hydrogens is 356 g/mol. The van der Waals surface area contributed by atoms with E-state index < -0.39 is 10.8 Å². The van der Waals surface area contributed by atoms with Crippen LogP contribution in [0.5, 0.6) is 0 Å². The van der Waals surface area contributed by atoms with Gasteiger partial charge in [-0.15, -0.1) is 0 Å². The van der Waals surface area contributed by atoms with Crippen LogP contribution in [0.25, 0.3) is 0 Å². The first-order chi connectivity index (χ1) is 13.1. The van der Waals surface area contributed by atoms with E-state index in [0.29, 0.717) is 23.3 Å². The highest BCUT2D eigenvalue weighted by molar-refractivity contribution is 7.83. The van der Waals surface area contributed by atoms with Gasteiger partial charge in [-0.25, -0.2) is 0 Å². The Hall–Kier alpha value is -1.98. The van der Waals surface area contributed by atoms with E-state index in [0.717, 1.165) is 29.7 Å². The number of benzene rings is 2. The SMILES string of the molecule is NC1C2CCC(C2)C1C(=O)Nc1cccc(CS(=O)Cc2ccccc2)c1. The molecule has 142 valence electrons. The zero-order chi connectivity index (χ0) is 18.8. The van der Waals surface area contributed by atoms with Crippen molar-refractivity contribution < 1.29 is 9.00 Å². The van der Waals surface area contributed by atoms with Crippen molar-refractivity contribution in [2.75, 3.05) is 5.32 Å². The molecule has 4 nitrogen and oxygen atoms in total. The molecule has 3 N–H and O–H groups in total. The van der Waals surface area contributed by atoms with Crippen LogP contribution in [0.4, 0.5) is 5.69 Å². The minimum Gasteiger partial charge on any atom is -0.327 e. The van der Waals surface area contributed by atoms with E-state index in [1.54, 1.807) is 0 Å². The van der Waals surface area contributed by atoms with Crippen LogP contribution in [0.15, 0.2) is 54.6 Å². The maximum atomic E-state index is 12.7. The Labute approximate surface area is 163 Å². The second-order valence-corrected chi connectivity index (χ2v) is 9.30. The second-order valence-electron chi connectivity index (χ2n) is 7.84. The van der Waals surface area contributed by atoms with E-state index in [9.17, 15) is 9.00 Å². The third-order valence-corrected chi connectivity index (χ3v) is 7.29. The molecule has 5 heteroatoms. The summed E-state index contributed by atoms with van der Waals surface area (Å²) in [6.45, 7) is 0. The lowest BCUT2D eigenvalue weighted by atomic mass is 9.84. The molecular formula is C22H26N2O2S. The number of rotatable bonds is 6. The first-order valence-electron chi connectivity index (χ1n) is 9.64. The van der Waals surface area contributed by atoms with Gasteiger partial charge in [0.05, 0.1) is 5.92 Å². The summed E-state index contributed by atoms with van der Waals surface area (Å²) in [5, 5.41) is 3.04. The predicted molar refractivity (Wildman–Crippen MR) is 109 cm³/mol. The molecule has 0 spiro atoms. The standard InChI is InChI=1S/C22H26N2O2S/c23-21-18-10-9-17(12-18)20(21)22(25)24-19-8-4-7-16(11-19)14-27(26)13-15-5-2-1-3-6-15/h1-8,11,17-18,20-21H,9-10,12-14,23H2,(H,24,25). The average Bonchev–Trinajstić information content (AvgIpc) is 3.24. The highest BCUT2D eigenvalue weighted by Crippen LogP contribution is 2.47. The van der Waals surface area contributed by atoms with Crippen molar-refractivity contribution in [2.24, 2.45) is 23.5 Å². The molecule has 2 aromatic rings. The Morgan fingerprint density at radius 3 is 2.44 bits per heavy atom. The Kier molecular flexibility index (Phi) is 5.41. The molecule has 2 aliphatic rings. The summed E-state index contributed by atoms with van der Waals surface area (Å²) in [6, 6.07) is 17.5. The molecule has 5 atom stereocenters. The third kappa shape index (κ3) is 4.14. The molecule has 0 aliphatic heterocycles. The van der Waals surface area contributed by atoms with Gasteiger partial charge < -0.3 is 11.1 Å². The molecule has 2 aliphatic carbocycles. The largest absolute Gasteiger partial charge is 0.327 e. The van der Waals surface area contributed by atoms with Crippen molar-refractivity contribution in [3.8, 4) is 0 Å². The molecule has 2 aromatic carbocycles. The van der Waals surface area contributed by atoms with Gasteiger partial charge in [0.2, 0.25) is 5.91 Å². The molecule has 0 aromatic heterocycles. The summed E-state index contributed by atoms with van der Waals surface area (Å²) in [7, 11) is -0.985. The van der Waals surface area contributed by atoms with E-state index in [-0.39, 0.29) is 17.9 Å². The van der Waals surface area contributed by atoms with Gasteiger partial charge in [0.25, 0.3) is 0 Å². The minimum atomic E-state index is -0.985. The van der Waals surface area contributed by atoms with Gasteiger partial charge in [-0.1, -0.05) is 42.5 Å². The lowest BCUT2D eigenvalue weighted by molar-refractivity contribution is -0.121. The maximum Gasteiger partial charge on any atom is 0.229 e. The van der Waals surface area contributed by atoms with Gasteiger partial charge in [-0.3, -0.25) is 9.00 Å². The molecule has 2 saturated carbocycles. The van der Waals surface area contributed by atoms with E-state index in [1.165, 1.54) is 6.42 Å². The summed E-state index contributed by atoms with van der Waals surface area (Å²) >= 11 is 0. The van der Waals surface area contributed by atoms with Crippen LogP contribution in [0.2, 0.25) is 0 Å². The highest BCUT2D eigenvalue weighted by atomic mass is 32.2. The van der Waals surface area contributed by atoms with Gasteiger partial charge in [0.15, 0.2) is 0 Å². The summed E-state index contributed by atoms with van der Waals surface area (Å²) < 4.78 is 12.5. The van der Waals surface area contributed by atoms with Gasteiger partial charge in [0.1, 0.15) is 0 Å². The first-order valence-corrected chi connectivity index (χ1v) is 11.1. The van der Waals surface area contributed by atoms with Crippen LogP contribution in [0, 0.1) is 17.8 Å². The fourth-order valence-electron chi connectivity index (χ4n) is 4.69. The molecule has 2 bridgehead atoms. The van der Waals surface area contributed by atoms with Gasteiger partial charge in [-0.05, 0) is 54.4 Å². The molecule has 0 saturated heterocycles. The van der Waals surface area contributed by atoms with E-state index >= 15 is 0 Å². The highest BCUT2D eigenvalue weighted by Gasteiger charge is 2.49. The van der Waals surface area contributed by atoms with Crippen molar-refractivity contribution in [1.29, 1.82) is 0 Å². The molecule has 1 amide bonds. The van der Waals surface area contributed by atoms with Gasteiger partial charge in [-0.2, -0.15) is 0 Å². The monoisotopic (exact) mass is 382 g/mol. The smallest absolute Gasteiger partial charge is 0.229 e. The molecule has 0 heterocycles. The Morgan fingerprint density at radius 2 is 1.70 bits per heavy atom. The number of carbonyl (C=O) groups is 1. The van der Waals surface area contributed by atoms with Crippen molar-refractivity contribution in [1.82, 2.24) is 0 Å². The summed E-state index contributed by atoms with van der Waals surface area (Å²) in [5.74, 6) is 1.94. The van der Waals surface area contributed by atoms with Gasteiger partial charge >= 0.3 is 0 Å². The molecule has 0 radical (unpaired) electrons. The van der Waals surface area contributed by atoms with E-state index in [1.807, 2.05) is 54.6 Å². The number of nitrogens with one attached hydrogen (secondary N) is 1. The molecule has 4 rings (SSSR count). The Balaban J connectivity index is 1.37. The number of fused-ring (bicyclic) bond motifs is 2. The van der Waals surface area contributed by atoms with E-state index in [2.05, 4.69) is 5.32 Å². The van der Waals surface area contributed by atoms with Crippen molar-refractivity contribution in [2.45, 2.75) is 36.8 Å². The number of hydrogen-bond donors (Lipinski definition) is 2. The Bertz CT molecular complexity index is 837. The zero-order valence-electron chi connectivity index (χ0n) is 15.3. The maximum absolute atomic E-state index is 12.7. The second kappa shape index (κ2) is 7.95. The zero-order valence-corrected chi connectivity index (χ0v) is 16.2. The van der Waals surface area contributed by atoms with Crippen LogP contribution in [-0.4, -0.2) is 16.2 Å². The van der Waals surface area contributed by atoms with Gasteiger partial charge in [0, 0.05) is 34.0 Å². The first kappa shape index (κ1) is 18.4. The van der Waals surface area contributed by atoms with Crippen molar-refractivity contribution in [3.63, 3.8) is 0 Å². The number of anilines is 1. The average molecular weight is 383 g/mol. The van der Waals surface area contributed by atoms with Crippen LogP contribution in [-0.2, 0) is 27.1 Å². The topological polar surface area (TPSA) is 72.2 Å². The number of amides is 1. The summed E-state index contributed by atoms with van der Waals surface area (Å²) in [4.78, 5) is 12.7. The van der Waals surface area contributed by atoms with E-state index in [4.69, 9.17) is 5.73 Å². The van der Waals surface area contributed by atoms with Crippen molar-refractivity contribution >= 4 is 22.4 Å². The predicted octanol–water partition coefficient (Wildman–Crippen LogP) is 3.45. The Morgan fingerprint density at radius 1 is 1.00 bits per heavy atom. The lowest BCUT2D eigenvalue weighted by Gasteiger charge is -2.27. The molecule has 27 heavy (non-hydrogen) atoms. The van der Waals surface area contributed by atoms with Crippen LogP contribution >= 0.6 is 0 Å². The summed E-state index contributed by atoms with van der Waals surface area (Å²) in [6.07, 6.45) is 3.38. The molecule has 2 fully saturated rings. The number of carbonyl (C=O) groups excluding carboxylic acids is 1.